The Morgan fingerprint density at radius 1 is 0.870 bits per heavy atom. The minimum atomic E-state index is -4.41. The number of hydrogen-bond acceptors (Lipinski definition) is 1. The first-order chi connectivity index (χ1) is 11.0. The number of benzene rings is 2. The number of nitrogens with one attached hydrogen (secondary N) is 1. The van der Waals surface area contributed by atoms with E-state index in [9.17, 15) is 18.0 Å². The van der Waals surface area contributed by atoms with E-state index in [1.165, 1.54) is 12.1 Å². The predicted octanol–water partition coefficient (Wildman–Crippen LogP) is 4.93. The maximum absolute atomic E-state index is 12.6. The molecule has 116 valence electrons. The zero-order valence-corrected chi connectivity index (χ0v) is 11.9. The Hall–Kier alpha value is -2.82. The van der Waals surface area contributed by atoms with Gasteiger partial charge in [0, 0.05) is 29.1 Å². The first kappa shape index (κ1) is 15.1. The quantitative estimate of drug-likeness (QED) is 0.683. The summed E-state index contributed by atoms with van der Waals surface area (Å²) in [6, 6.07) is 13.6. The monoisotopic (exact) mass is 315 g/mol. The highest BCUT2D eigenvalue weighted by molar-refractivity contribution is 6.12. The number of aromatic nitrogens is 1. The fourth-order valence-corrected chi connectivity index (χ4v) is 2.37. The molecule has 2 nitrogen and oxygen atoms in total. The average Bonchev–Trinajstić information content (AvgIpc) is 3.04. The second-order valence-corrected chi connectivity index (χ2v) is 5.05. The number of hydrogen-bond donors (Lipinski definition) is 1. The van der Waals surface area contributed by atoms with Crippen LogP contribution < -0.4 is 0 Å². The summed E-state index contributed by atoms with van der Waals surface area (Å²) in [5, 5.41) is 0. The van der Waals surface area contributed by atoms with Gasteiger partial charge in [0.25, 0.3) is 0 Å². The molecule has 0 radical (unpaired) electrons. The minimum Gasteiger partial charge on any atom is -0.366 e. The molecule has 0 saturated carbocycles. The normalized spacial score (nSPS) is 11.4. The molecule has 0 saturated heterocycles. The summed E-state index contributed by atoms with van der Waals surface area (Å²) in [5.74, 6) is -0.321. The lowest BCUT2D eigenvalue weighted by molar-refractivity contribution is -0.137. The van der Waals surface area contributed by atoms with Crippen molar-refractivity contribution in [3.05, 3.63) is 83.7 Å². The van der Waals surface area contributed by atoms with Crippen molar-refractivity contribution in [3.63, 3.8) is 0 Å². The molecule has 0 atom stereocenters. The maximum atomic E-state index is 12.6. The number of carbonyl (C=O) groups is 1. The highest BCUT2D eigenvalue weighted by Gasteiger charge is 2.30. The van der Waals surface area contributed by atoms with Gasteiger partial charge in [-0.25, -0.2) is 0 Å². The van der Waals surface area contributed by atoms with Crippen molar-refractivity contribution < 1.29 is 18.0 Å². The predicted molar refractivity (Wildman–Crippen MR) is 81.1 cm³/mol. The van der Waals surface area contributed by atoms with E-state index in [0.29, 0.717) is 5.56 Å². The zero-order chi connectivity index (χ0) is 16.4. The molecule has 2 aromatic carbocycles. The Morgan fingerprint density at radius 2 is 1.52 bits per heavy atom. The van der Waals surface area contributed by atoms with Gasteiger partial charge in [-0.1, -0.05) is 42.5 Å². The van der Waals surface area contributed by atoms with E-state index in [-0.39, 0.29) is 11.3 Å². The third-order valence-electron chi connectivity index (χ3n) is 3.55. The number of rotatable bonds is 3. The molecule has 0 fully saturated rings. The second-order valence-electron chi connectivity index (χ2n) is 5.05. The molecule has 1 N–H and O–H groups in total. The van der Waals surface area contributed by atoms with Crippen LogP contribution in [0.15, 0.2) is 67.0 Å². The third-order valence-corrected chi connectivity index (χ3v) is 3.55. The molecular weight excluding hydrogens is 303 g/mol. The largest absolute Gasteiger partial charge is 0.416 e. The first-order valence-corrected chi connectivity index (χ1v) is 6.91. The van der Waals surface area contributed by atoms with Crippen LogP contribution >= 0.6 is 0 Å². The number of carbonyl (C=O) groups excluding carboxylic acids is 1. The molecule has 1 heterocycles. The van der Waals surface area contributed by atoms with Gasteiger partial charge >= 0.3 is 6.18 Å². The lowest BCUT2D eigenvalue weighted by Crippen LogP contribution is -2.06. The molecule has 5 heteroatoms. The Kier molecular flexibility index (Phi) is 3.78. The van der Waals surface area contributed by atoms with Gasteiger partial charge in [0.2, 0.25) is 0 Å². The van der Waals surface area contributed by atoms with Gasteiger partial charge in [-0.2, -0.15) is 13.2 Å². The molecule has 3 rings (SSSR count). The second kappa shape index (κ2) is 5.76. The topological polar surface area (TPSA) is 32.9 Å². The van der Waals surface area contributed by atoms with E-state index in [4.69, 9.17) is 0 Å². The number of halogens is 3. The van der Waals surface area contributed by atoms with Crippen LogP contribution in [0.5, 0.6) is 0 Å². The first-order valence-electron chi connectivity index (χ1n) is 6.91. The van der Waals surface area contributed by atoms with Crippen LogP contribution in [0.3, 0.4) is 0 Å². The molecule has 0 spiro atoms. The van der Waals surface area contributed by atoms with E-state index in [0.717, 1.165) is 23.3 Å². The lowest BCUT2D eigenvalue weighted by Gasteiger charge is -2.08. The van der Waals surface area contributed by atoms with Crippen LogP contribution in [0.25, 0.3) is 11.1 Å². The van der Waals surface area contributed by atoms with Gasteiger partial charge in [0.05, 0.1) is 5.56 Å². The average molecular weight is 315 g/mol. The van der Waals surface area contributed by atoms with Crippen LogP contribution in [0.4, 0.5) is 13.2 Å². The third kappa shape index (κ3) is 3.04. The molecule has 0 bridgehead atoms. The van der Waals surface area contributed by atoms with Crippen molar-refractivity contribution in [3.8, 4) is 11.1 Å². The molecular formula is C18H12F3NO. The van der Waals surface area contributed by atoms with Crippen molar-refractivity contribution in [2.45, 2.75) is 6.18 Å². The van der Waals surface area contributed by atoms with Crippen LogP contribution in [0.1, 0.15) is 21.5 Å². The van der Waals surface area contributed by atoms with Crippen LogP contribution in [0, 0.1) is 0 Å². The summed E-state index contributed by atoms with van der Waals surface area (Å²) in [7, 11) is 0. The van der Waals surface area contributed by atoms with E-state index in [2.05, 4.69) is 4.98 Å². The molecule has 3 aromatic rings. The van der Waals surface area contributed by atoms with Gasteiger partial charge in [0.15, 0.2) is 5.78 Å². The molecule has 0 aliphatic carbocycles. The van der Waals surface area contributed by atoms with Gasteiger partial charge in [0.1, 0.15) is 0 Å². The fourth-order valence-electron chi connectivity index (χ4n) is 2.37. The summed E-state index contributed by atoms with van der Waals surface area (Å²) in [6.45, 7) is 0. The van der Waals surface area contributed by atoms with E-state index >= 15 is 0 Å². The van der Waals surface area contributed by atoms with Crippen molar-refractivity contribution in [2.75, 3.05) is 0 Å². The van der Waals surface area contributed by atoms with E-state index in [1.54, 1.807) is 12.4 Å². The van der Waals surface area contributed by atoms with E-state index in [1.807, 2.05) is 30.3 Å². The van der Waals surface area contributed by atoms with Gasteiger partial charge in [-0.05, 0) is 17.7 Å². The summed E-state index contributed by atoms with van der Waals surface area (Å²) < 4.78 is 37.8. The maximum Gasteiger partial charge on any atom is 0.416 e. The Labute approximate surface area is 130 Å². The van der Waals surface area contributed by atoms with Gasteiger partial charge in [-0.3, -0.25) is 4.79 Å². The Balaban J connectivity index is 1.95. The summed E-state index contributed by atoms with van der Waals surface area (Å²) >= 11 is 0. The van der Waals surface area contributed by atoms with Crippen molar-refractivity contribution in [2.24, 2.45) is 0 Å². The van der Waals surface area contributed by atoms with Crippen molar-refractivity contribution in [1.29, 1.82) is 0 Å². The number of alkyl halides is 3. The lowest BCUT2D eigenvalue weighted by atomic mass is 9.97. The molecule has 23 heavy (non-hydrogen) atoms. The highest BCUT2D eigenvalue weighted by atomic mass is 19.4. The number of H-pyrrole nitrogens is 1. The standard InChI is InChI=1S/C18H12F3NO/c19-18(20,21)14-8-6-13(7-9-14)17(23)16-11-22-10-15(16)12-4-2-1-3-5-12/h1-11,22H. The Morgan fingerprint density at radius 3 is 2.13 bits per heavy atom. The number of ketones is 1. The molecule has 0 aliphatic rings. The molecule has 0 amide bonds. The van der Waals surface area contributed by atoms with Crippen molar-refractivity contribution >= 4 is 5.78 Å². The van der Waals surface area contributed by atoms with Crippen LogP contribution in [-0.2, 0) is 6.18 Å². The van der Waals surface area contributed by atoms with Gasteiger partial charge in [-0.15, -0.1) is 0 Å². The SMILES string of the molecule is O=C(c1ccc(C(F)(F)F)cc1)c1c[nH]cc1-c1ccccc1. The van der Waals surface area contributed by atoms with E-state index < -0.39 is 11.7 Å². The molecule has 0 unspecified atom stereocenters. The fraction of sp³-hybridized carbons (Fsp3) is 0.0556. The minimum absolute atomic E-state index is 0.217. The van der Waals surface area contributed by atoms with Crippen LogP contribution in [0.2, 0.25) is 0 Å². The zero-order valence-electron chi connectivity index (χ0n) is 11.9. The number of aromatic amines is 1. The summed E-state index contributed by atoms with van der Waals surface area (Å²) in [4.78, 5) is 15.4. The Bertz CT molecular complexity index is 817. The molecule has 1 aromatic heterocycles. The van der Waals surface area contributed by atoms with Crippen molar-refractivity contribution in [1.82, 2.24) is 4.98 Å². The summed E-state index contributed by atoms with van der Waals surface area (Å²) in [6.07, 6.45) is -1.15. The van der Waals surface area contributed by atoms with Gasteiger partial charge < -0.3 is 4.98 Å². The smallest absolute Gasteiger partial charge is 0.366 e. The molecule has 0 aliphatic heterocycles. The van der Waals surface area contributed by atoms with Crippen LogP contribution in [-0.4, -0.2) is 10.8 Å². The summed E-state index contributed by atoms with van der Waals surface area (Å²) in [5.41, 5.74) is 1.46. The highest BCUT2D eigenvalue weighted by Crippen LogP contribution is 2.30.